The van der Waals surface area contributed by atoms with Crippen LogP contribution in [-0.4, -0.2) is 48.3 Å². The first kappa shape index (κ1) is 15.5. The lowest BCUT2D eigenvalue weighted by Crippen LogP contribution is -2.50. The third-order valence-electron chi connectivity index (χ3n) is 2.26. The average molecular weight is 261 g/mol. The number of alkyl halides is 4. The fourth-order valence-electron chi connectivity index (χ4n) is 1.19. The summed E-state index contributed by atoms with van der Waals surface area (Å²) in [7, 11) is 1.13. The van der Waals surface area contributed by atoms with E-state index in [0.717, 1.165) is 7.05 Å². The standard InChI is InChI=1S/C9H15F4NOS/c1-4-6(5-16-3)14(2)8(15)9(12,13)7(10)11/h6-7H,4-5H2,1-3H3. The van der Waals surface area contributed by atoms with E-state index < -0.39 is 24.3 Å². The number of amides is 1. The van der Waals surface area contributed by atoms with Crippen molar-refractivity contribution in [3.63, 3.8) is 0 Å². The molecule has 0 rings (SSSR count). The minimum atomic E-state index is -4.60. The molecule has 0 aliphatic heterocycles. The van der Waals surface area contributed by atoms with Gasteiger partial charge in [-0.15, -0.1) is 0 Å². The Balaban J connectivity index is 4.70. The van der Waals surface area contributed by atoms with Crippen LogP contribution in [0.1, 0.15) is 13.3 Å². The Labute approximate surface area is 96.4 Å². The van der Waals surface area contributed by atoms with Crippen molar-refractivity contribution in [3.8, 4) is 0 Å². The summed E-state index contributed by atoms with van der Waals surface area (Å²) in [4.78, 5) is 11.9. The van der Waals surface area contributed by atoms with Crippen molar-refractivity contribution in [2.45, 2.75) is 31.7 Å². The second kappa shape index (κ2) is 6.32. The first-order valence-corrected chi connectivity index (χ1v) is 6.10. The number of hydrogen-bond acceptors (Lipinski definition) is 2. The Morgan fingerprint density at radius 2 is 1.94 bits per heavy atom. The molecule has 0 bridgehead atoms. The van der Waals surface area contributed by atoms with E-state index in [9.17, 15) is 22.4 Å². The van der Waals surface area contributed by atoms with E-state index in [1.165, 1.54) is 11.8 Å². The van der Waals surface area contributed by atoms with E-state index in [2.05, 4.69) is 0 Å². The van der Waals surface area contributed by atoms with Crippen LogP contribution in [0.3, 0.4) is 0 Å². The summed E-state index contributed by atoms with van der Waals surface area (Å²) in [5.74, 6) is -5.97. The molecule has 96 valence electrons. The monoisotopic (exact) mass is 261 g/mol. The van der Waals surface area contributed by atoms with Gasteiger partial charge in [0.05, 0.1) is 0 Å². The van der Waals surface area contributed by atoms with E-state index >= 15 is 0 Å². The predicted octanol–water partition coefficient (Wildman–Crippen LogP) is 2.49. The summed E-state index contributed by atoms with van der Waals surface area (Å²) in [5, 5.41) is 0. The highest BCUT2D eigenvalue weighted by Gasteiger charge is 2.51. The van der Waals surface area contributed by atoms with Crippen molar-refractivity contribution in [2.75, 3.05) is 19.1 Å². The third-order valence-corrected chi connectivity index (χ3v) is 2.98. The number of thioether (sulfide) groups is 1. The minimum absolute atomic E-state index is 0.443. The molecule has 0 radical (unpaired) electrons. The highest BCUT2D eigenvalue weighted by Crippen LogP contribution is 2.26. The molecule has 1 amide bonds. The van der Waals surface area contributed by atoms with Crippen LogP contribution >= 0.6 is 11.8 Å². The lowest BCUT2D eigenvalue weighted by Gasteiger charge is -2.29. The molecular formula is C9H15F4NOS. The van der Waals surface area contributed by atoms with Gasteiger partial charge in [0, 0.05) is 18.8 Å². The molecule has 0 heterocycles. The molecule has 0 aliphatic rings. The maximum absolute atomic E-state index is 12.8. The number of carbonyl (C=O) groups excluding carboxylic acids is 1. The van der Waals surface area contributed by atoms with E-state index in [0.29, 0.717) is 17.1 Å². The van der Waals surface area contributed by atoms with E-state index in [-0.39, 0.29) is 0 Å². The van der Waals surface area contributed by atoms with Crippen LogP contribution in [0.25, 0.3) is 0 Å². The van der Waals surface area contributed by atoms with Gasteiger partial charge < -0.3 is 4.90 Å². The van der Waals surface area contributed by atoms with Gasteiger partial charge in [-0.2, -0.15) is 20.5 Å². The predicted molar refractivity (Wildman–Crippen MR) is 56.2 cm³/mol. The zero-order valence-electron chi connectivity index (χ0n) is 9.34. The molecule has 0 saturated carbocycles. The molecule has 0 N–H and O–H groups in total. The second-order valence-electron chi connectivity index (χ2n) is 3.36. The molecule has 0 aromatic rings. The SMILES string of the molecule is CCC(CSC)N(C)C(=O)C(F)(F)C(F)F. The zero-order valence-corrected chi connectivity index (χ0v) is 10.2. The van der Waals surface area contributed by atoms with Crippen molar-refractivity contribution in [2.24, 2.45) is 0 Å². The van der Waals surface area contributed by atoms with Crippen LogP contribution in [0.4, 0.5) is 17.6 Å². The van der Waals surface area contributed by atoms with Gasteiger partial charge in [0.1, 0.15) is 0 Å². The number of nitrogens with zero attached hydrogens (tertiary/aromatic N) is 1. The topological polar surface area (TPSA) is 20.3 Å². The summed E-state index contributed by atoms with van der Waals surface area (Å²) in [6.45, 7) is 1.71. The van der Waals surface area contributed by atoms with Gasteiger partial charge >= 0.3 is 12.3 Å². The zero-order chi connectivity index (χ0) is 12.9. The number of halogens is 4. The molecule has 16 heavy (non-hydrogen) atoms. The van der Waals surface area contributed by atoms with E-state index in [1.807, 2.05) is 0 Å². The Morgan fingerprint density at radius 3 is 2.25 bits per heavy atom. The first-order chi connectivity index (χ1) is 7.28. The van der Waals surface area contributed by atoms with E-state index in [4.69, 9.17) is 0 Å². The molecule has 7 heteroatoms. The van der Waals surface area contributed by atoms with Crippen molar-refractivity contribution in [1.82, 2.24) is 4.90 Å². The quantitative estimate of drug-likeness (QED) is 0.685. The Morgan fingerprint density at radius 1 is 1.44 bits per heavy atom. The van der Waals surface area contributed by atoms with Gasteiger partial charge in [-0.25, -0.2) is 8.78 Å². The smallest absolute Gasteiger partial charge is 0.337 e. The van der Waals surface area contributed by atoms with Crippen LogP contribution in [0.15, 0.2) is 0 Å². The molecule has 1 atom stereocenters. The van der Waals surface area contributed by atoms with Crippen LogP contribution in [0.5, 0.6) is 0 Å². The van der Waals surface area contributed by atoms with Crippen molar-refractivity contribution in [1.29, 1.82) is 0 Å². The molecule has 0 fully saturated rings. The fraction of sp³-hybridized carbons (Fsp3) is 0.889. The summed E-state index contributed by atoms with van der Waals surface area (Å²) in [6.07, 6.45) is -1.76. The number of rotatable bonds is 6. The van der Waals surface area contributed by atoms with Gasteiger partial charge in [-0.1, -0.05) is 6.92 Å². The second-order valence-corrected chi connectivity index (χ2v) is 4.27. The maximum atomic E-state index is 12.8. The van der Waals surface area contributed by atoms with Crippen molar-refractivity contribution in [3.05, 3.63) is 0 Å². The maximum Gasteiger partial charge on any atom is 0.383 e. The molecule has 0 aliphatic carbocycles. The lowest BCUT2D eigenvalue weighted by molar-refractivity contribution is -0.181. The molecule has 0 aromatic heterocycles. The number of carbonyl (C=O) groups is 1. The lowest BCUT2D eigenvalue weighted by atomic mass is 10.2. The first-order valence-electron chi connectivity index (χ1n) is 4.71. The summed E-state index contributed by atoms with van der Waals surface area (Å²) in [6, 6.07) is -0.452. The Kier molecular flexibility index (Phi) is 6.14. The van der Waals surface area contributed by atoms with Crippen LogP contribution < -0.4 is 0 Å². The van der Waals surface area contributed by atoms with Gasteiger partial charge in [0.15, 0.2) is 0 Å². The van der Waals surface area contributed by atoms with Crippen molar-refractivity contribution >= 4 is 17.7 Å². The van der Waals surface area contributed by atoms with Crippen LogP contribution in [0, 0.1) is 0 Å². The molecule has 2 nitrogen and oxygen atoms in total. The van der Waals surface area contributed by atoms with Crippen molar-refractivity contribution < 1.29 is 22.4 Å². The highest BCUT2D eigenvalue weighted by atomic mass is 32.2. The minimum Gasteiger partial charge on any atom is -0.337 e. The summed E-state index contributed by atoms with van der Waals surface area (Å²) < 4.78 is 49.5. The van der Waals surface area contributed by atoms with Gasteiger partial charge in [0.25, 0.3) is 5.91 Å². The Hall–Kier alpha value is -0.460. The number of hydrogen-bond donors (Lipinski definition) is 0. The third kappa shape index (κ3) is 3.54. The summed E-state index contributed by atoms with van der Waals surface area (Å²) in [5.41, 5.74) is 0. The summed E-state index contributed by atoms with van der Waals surface area (Å²) >= 11 is 1.37. The largest absolute Gasteiger partial charge is 0.383 e. The normalized spacial score (nSPS) is 14.0. The average Bonchev–Trinajstić information content (AvgIpc) is 2.23. The molecule has 1 unspecified atom stereocenters. The fourth-order valence-corrected chi connectivity index (χ4v) is 2.03. The molecule has 0 saturated heterocycles. The highest BCUT2D eigenvalue weighted by molar-refractivity contribution is 7.98. The van der Waals surface area contributed by atoms with Gasteiger partial charge in [0.2, 0.25) is 0 Å². The molecule has 0 aromatic carbocycles. The van der Waals surface area contributed by atoms with Gasteiger partial charge in [-0.05, 0) is 12.7 Å². The molecular weight excluding hydrogens is 246 g/mol. The van der Waals surface area contributed by atoms with Crippen LogP contribution in [0.2, 0.25) is 0 Å². The van der Waals surface area contributed by atoms with E-state index in [1.54, 1.807) is 13.2 Å². The molecule has 0 spiro atoms. The van der Waals surface area contributed by atoms with Gasteiger partial charge in [-0.3, -0.25) is 4.79 Å². The van der Waals surface area contributed by atoms with Crippen LogP contribution in [-0.2, 0) is 4.79 Å². The Bertz CT molecular complexity index is 238.